The van der Waals surface area contributed by atoms with Gasteiger partial charge in [0.15, 0.2) is 0 Å². The van der Waals surface area contributed by atoms with E-state index in [1.54, 1.807) is 0 Å². The third kappa shape index (κ3) is 3.42. The summed E-state index contributed by atoms with van der Waals surface area (Å²) in [4.78, 5) is 19.5. The lowest BCUT2D eigenvalue weighted by atomic mass is 9.91. The van der Waals surface area contributed by atoms with Crippen molar-refractivity contribution in [3.05, 3.63) is 77.1 Å². The molecule has 0 N–H and O–H groups in total. The summed E-state index contributed by atoms with van der Waals surface area (Å²) in [5.74, 6) is 0.910. The Hall–Kier alpha value is -2.66. The number of halogens is 1. The first-order chi connectivity index (χ1) is 13.6. The quantitative estimate of drug-likeness (QED) is 0.622. The van der Waals surface area contributed by atoms with E-state index in [-0.39, 0.29) is 23.9 Å². The van der Waals surface area contributed by atoms with Gasteiger partial charge in [0, 0.05) is 11.4 Å². The van der Waals surface area contributed by atoms with Gasteiger partial charge in [0.25, 0.3) is 0 Å². The Morgan fingerprint density at radius 1 is 1.11 bits per heavy atom. The van der Waals surface area contributed by atoms with E-state index < -0.39 is 0 Å². The van der Waals surface area contributed by atoms with Gasteiger partial charge in [-0.1, -0.05) is 74.0 Å². The van der Waals surface area contributed by atoms with Crippen molar-refractivity contribution in [1.29, 1.82) is 0 Å². The molecule has 2 aromatic carbocycles. The lowest BCUT2D eigenvalue weighted by Crippen LogP contribution is -2.43. The number of hydrogen-bond donors (Lipinski definition) is 0. The first-order valence-electron chi connectivity index (χ1n) is 9.57. The third-order valence-electron chi connectivity index (χ3n) is 5.12. The van der Waals surface area contributed by atoms with Crippen molar-refractivity contribution in [2.24, 2.45) is 5.92 Å². The molecule has 5 nitrogen and oxygen atoms in total. The van der Waals surface area contributed by atoms with Crippen molar-refractivity contribution in [2.45, 2.75) is 38.8 Å². The van der Waals surface area contributed by atoms with Crippen molar-refractivity contribution >= 4 is 23.5 Å². The van der Waals surface area contributed by atoms with E-state index in [1.807, 2.05) is 52.0 Å². The molecular formula is C22H23ClN4O. The van der Waals surface area contributed by atoms with Crippen LogP contribution < -0.4 is 4.90 Å². The standard InChI is InChI=1S/C22H23ClN4O/c1-15(2)12-21(28)26-19(16-8-4-3-5-9-16)13-20(27-22(26)24-14-25-27)17-10-6-7-11-18(17)23/h3-11,14-15,19-20H,12-13H2,1-2H3/t19-,20-/m1/s1. The molecule has 6 heteroatoms. The van der Waals surface area contributed by atoms with Crippen molar-refractivity contribution in [1.82, 2.24) is 14.8 Å². The summed E-state index contributed by atoms with van der Waals surface area (Å²) >= 11 is 6.51. The molecule has 4 rings (SSSR count). The summed E-state index contributed by atoms with van der Waals surface area (Å²) in [5.41, 5.74) is 2.08. The minimum absolute atomic E-state index is 0.0655. The molecule has 0 aliphatic carbocycles. The Balaban J connectivity index is 1.84. The summed E-state index contributed by atoms with van der Waals surface area (Å²) < 4.78 is 1.83. The highest BCUT2D eigenvalue weighted by molar-refractivity contribution is 6.31. The van der Waals surface area contributed by atoms with Gasteiger partial charge < -0.3 is 0 Å². The smallest absolute Gasteiger partial charge is 0.231 e. The summed E-state index contributed by atoms with van der Waals surface area (Å²) in [6.07, 6.45) is 2.67. The molecule has 0 fully saturated rings. The van der Waals surface area contributed by atoms with Crippen molar-refractivity contribution < 1.29 is 4.79 Å². The fourth-order valence-corrected chi connectivity index (χ4v) is 4.15. The van der Waals surface area contributed by atoms with Gasteiger partial charge in [-0.05, 0) is 29.5 Å². The summed E-state index contributed by atoms with van der Waals surface area (Å²) in [5, 5.41) is 5.15. The minimum Gasteiger partial charge on any atom is -0.274 e. The molecular weight excluding hydrogens is 372 g/mol. The van der Waals surface area contributed by atoms with E-state index >= 15 is 0 Å². The molecule has 1 aliphatic heterocycles. The number of anilines is 1. The Morgan fingerprint density at radius 3 is 2.54 bits per heavy atom. The predicted molar refractivity (Wildman–Crippen MR) is 110 cm³/mol. The van der Waals surface area contributed by atoms with Crippen LogP contribution >= 0.6 is 11.6 Å². The molecule has 2 atom stereocenters. The van der Waals surface area contributed by atoms with Crippen LogP contribution in [0.5, 0.6) is 0 Å². The van der Waals surface area contributed by atoms with Crippen LogP contribution in [-0.2, 0) is 4.79 Å². The molecule has 1 aliphatic rings. The molecule has 0 saturated heterocycles. The maximum absolute atomic E-state index is 13.2. The first-order valence-corrected chi connectivity index (χ1v) is 9.95. The number of rotatable bonds is 4. The van der Waals surface area contributed by atoms with Crippen LogP contribution in [0.25, 0.3) is 0 Å². The lowest BCUT2D eigenvalue weighted by Gasteiger charge is -2.39. The van der Waals surface area contributed by atoms with Crippen LogP contribution in [0.2, 0.25) is 5.02 Å². The number of benzene rings is 2. The SMILES string of the molecule is CC(C)CC(=O)N1c2ncnn2[C@@H](c2ccccc2Cl)C[C@@H]1c1ccccc1. The number of amides is 1. The van der Waals surface area contributed by atoms with Gasteiger partial charge in [0.1, 0.15) is 6.33 Å². The maximum atomic E-state index is 13.2. The molecule has 0 bridgehead atoms. The van der Waals surface area contributed by atoms with Crippen LogP contribution in [0.3, 0.4) is 0 Å². The second-order valence-corrected chi connectivity index (χ2v) is 7.97. The predicted octanol–water partition coefficient (Wildman–Crippen LogP) is 5.05. The third-order valence-corrected chi connectivity index (χ3v) is 5.47. The van der Waals surface area contributed by atoms with Crippen molar-refractivity contribution in [3.8, 4) is 0 Å². The molecule has 2 heterocycles. The topological polar surface area (TPSA) is 51.0 Å². The fraction of sp³-hybridized carbons (Fsp3) is 0.318. The maximum Gasteiger partial charge on any atom is 0.231 e. The molecule has 0 radical (unpaired) electrons. The normalized spacial score (nSPS) is 18.9. The Morgan fingerprint density at radius 2 is 1.82 bits per heavy atom. The van der Waals surface area contributed by atoms with Gasteiger partial charge in [-0.3, -0.25) is 9.69 Å². The first kappa shape index (κ1) is 18.7. The zero-order chi connectivity index (χ0) is 19.7. The molecule has 1 amide bonds. The number of carbonyl (C=O) groups is 1. The molecule has 0 saturated carbocycles. The van der Waals surface area contributed by atoms with E-state index in [9.17, 15) is 4.79 Å². The van der Waals surface area contributed by atoms with Gasteiger partial charge in [-0.25, -0.2) is 4.68 Å². The summed E-state index contributed by atoms with van der Waals surface area (Å²) in [6.45, 7) is 4.10. The van der Waals surface area contributed by atoms with Crippen LogP contribution in [-0.4, -0.2) is 20.7 Å². The van der Waals surface area contributed by atoms with Crippen LogP contribution in [0, 0.1) is 5.92 Å². The average molecular weight is 395 g/mol. The molecule has 3 aromatic rings. The molecule has 0 unspecified atom stereocenters. The minimum atomic E-state index is -0.120. The zero-order valence-corrected chi connectivity index (χ0v) is 16.8. The number of fused-ring (bicyclic) bond motifs is 1. The van der Waals surface area contributed by atoms with Crippen molar-refractivity contribution in [3.63, 3.8) is 0 Å². The molecule has 0 spiro atoms. The zero-order valence-electron chi connectivity index (χ0n) is 16.0. The largest absolute Gasteiger partial charge is 0.274 e. The molecule has 1 aromatic heterocycles. The highest BCUT2D eigenvalue weighted by Crippen LogP contribution is 2.43. The molecule has 28 heavy (non-hydrogen) atoms. The van der Waals surface area contributed by atoms with Gasteiger partial charge >= 0.3 is 0 Å². The van der Waals surface area contributed by atoms with E-state index in [4.69, 9.17) is 11.6 Å². The van der Waals surface area contributed by atoms with Gasteiger partial charge in [-0.2, -0.15) is 10.1 Å². The number of nitrogens with zero attached hydrogens (tertiary/aromatic N) is 4. The number of carbonyl (C=O) groups excluding carboxylic acids is 1. The second-order valence-electron chi connectivity index (χ2n) is 7.57. The number of aromatic nitrogens is 3. The average Bonchev–Trinajstić information content (AvgIpc) is 3.17. The fourth-order valence-electron chi connectivity index (χ4n) is 3.89. The van der Waals surface area contributed by atoms with E-state index in [0.717, 1.165) is 11.1 Å². The lowest BCUT2D eigenvalue weighted by molar-refractivity contribution is -0.120. The van der Waals surface area contributed by atoms with Crippen molar-refractivity contribution in [2.75, 3.05) is 4.90 Å². The van der Waals surface area contributed by atoms with E-state index in [2.05, 4.69) is 36.1 Å². The van der Waals surface area contributed by atoms with Crippen LogP contribution in [0.1, 0.15) is 49.9 Å². The van der Waals surface area contributed by atoms with E-state index in [0.29, 0.717) is 23.8 Å². The highest BCUT2D eigenvalue weighted by Gasteiger charge is 2.39. The Bertz CT molecular complexity index is 969. The highest BCUT2D eigenvalue weighted by atomic mass is 35.5. The Labute approximate surface area is 170 Å². The number of hydrogen-bond acceptors (Lipinski definition) is 3. The van der Waals surface area contributed by atoms with Gasteiger partial charge in [0.2, 0.25) is 11.9 Å². The molecule has 144 valence electrons. The van der Waals surface area contributed by atoms with Crippen LogP contribution in [0.15, 0.2) is 60.9 Å². The monoisotopic (exact) mass is 394 g/mol. The van der Waals surface area contributed by atoms with Gasteiger partial charge in [-0.15, -0.1) is 0 Å². The Kier molecular flexibility index (Phi) is 5.18. The summed E-state index contributed by atoms with van der Waals surface area (Å²) in [7, 11) is 0. The summed E-state index contributed by atoms with van der Waals surface area (Å²) in [6, 6.07) is 17.7. The van der Waals surface area contributed by atoms with E-state index in [1.165, 1.54) is 6.33 Å². The second kappa shape index (κ2) is 7.76. The van der Waals surface area contributed by atoms with Crippen LogP contribution in [0.4, 0.5) is 5.95 Å². The van der Waals surface area contributed by atoms with Gasteiger partial charge in [0.05, 0.1) is 12.1 Å².